The van der Waals surface area contributed by atoms with Crippen LogP contribution in [0.15, 0.2) is 244 Å². The molecule has 0 saturated carbocycles. The largest absolute Gasteiger partial charge is 0.349 e. The summed E-state index contributed by atoms with van der Waals surface area (Å²) in [7, 11) is 2.21. The highest BCUT2D eigenvalue weighted by Crippen LogP contribution is 2.62. The summed E-state index contributed by atoms with van der Waals surface area (Å²) in [6.07, 6.45) is 21.0. The number of rotatable bonds is 8. The van der Waals surface area contributed by atoms with Crippen molar-refractivity contribution >= 4 is 34.5 Å². The Balaban J connectivity index is 0.899. The van der Waals surface area contributed by atoms with Crippen molar-refractivity contribution in [2.45, 2.75) is 62.3 Å². The number of fused-ring (bicyclic) bond motifs is 4. The van der Waals surface area contributed by atoms with Crippen molar-refractivity contribution < 1.29 is 0 Å². The van der Waals surface area contributed by atoms with Crippen molar-refractivity contribution in [1.29, 1.82) is 0 Å². The molecular weight excluding hydrogens is 867 g/mol. The lowest BCUT2D eigenvalue weighted by Gasteiger charge is -2.42. The minimum atomic E-state index is -0.259. The van der Waals surface area contributed by atoms with Crippen molar-refractivity contribution in [2.24, 2.45) is 33.7 Å². The quantitative estimate of drug-likeness (QED) is 0.152. The van der Waals surface area contributed by atoms with Crippen LogP contribution in [0.4, 0.5) is 0 Å². The Bertz CT molecular complexity index is 3310. The molecule has 6 aromatic rings. The standard InChI is InChI=1S/C66H59N3S/c1-42-16-14-22-52(38-42)61-43(2)26-36-57-62-56-24-12-13-25-60(56)70-66(62,4)64(68-63(57)61)53-23-15-21-51(40-53)47-29-33-50(34-30-47)59-41-58(49-31-27-46(28-32-49)45-17-8-6-9-18-45)67-65(69(59)5)54-35-37-55(44(3)39-54)48-19-10-7-11-20-48/h6-15,17-38,40-44,61-62,65H,16,39H2,1-5H3. The van der Waals surface area contributed by atoms with E-state index in [9.17, 15) is 0 Å². The fourth-order valence-corrected chi connectivity index (χ4v) is 13.6. The first kappa shape index (κ1) is 44.2. The fourth-order valence-electron chi connectivity index (χ4n) is 12.1. The Morgan fingerprint density at radius 1 is 0.643 bits per heavy atom. The van der Waals surface area contributed by atoms with Gasteiger partial charge in [0, 0.05) is 29.5 Å². The minimum Gasteiger partial charge on any atom is -0.349 e. The normalized spacial score (nSPS) is 25.7. The molecule has 0 radical (unpaired) electrons. The highest BCUT2D eigenvalue weighted by atomic mass is 32.2. The van der Waals surface area contributed by atoms with E-state index in [-0.39, 0.29) is 22.7 Å². The first-order valence-electron chi connectivity index (χ1n) is 25.2. The third-order valence-electron chi connectivity index (χ3n) is 15.7. The van der Waals surface area contributed by atoms with Crippen LogP contribution in [0.2, 0.25) is 0 Å². The molecule has 70 heavy (non-hydrogen) atoms. The molecule has 0 spiro atoms. The molecule has 7 atom stereocenters. The van der Waals surface area contributed by atoms with E-state index in [4.69, 9.17) is 9.98 Å². The lowest BCUT2D eigenvalue weighted by Crippen LogP contribution is -2.41. The average molecular weight is 926 g/mol. The van der Waals surface area contributed by atoms with Crippen LogP contribution in [0.25, 0.3) is 33.5 Å². The highest BCUT2D eigenvalue weighted by molar-refractivity contribution is 8.02. The molecule has 6 aromatic carbocycles. The van der Waals surface area contributed by atoms with E-state index in [0.717, 1.165) is 29.8 Å². The molecule has 0 aromatic heterocycles. The number of likely N-dealkylation sites (N-methyl/N-ethyl adjacent to an activating group) is 1. The Morgan fingerprint density at radius 3 is 2.03 bits per heavy atom. The first-order chi connectivity index (χ1) is 34.2. The van der Waals surface area contributed by atoms with Crippen LogP contribution in [0.1, 0.15) is 74.3 Å². The van der Waals surface area contributed by atoms with Crippen LogP contribution in [0.5, 0.6) is 0 Å². The second kappa shape index (κ2) is 18.1. The Kier molecular flexibility index (Phi) is 11.4. The molecule has 0 fully saturated rings. The van der Waals surface area contributed by atoms with Gasteiger partial charge in [-0.15, -0.1) is 11.8 Å². The Labute approximate surface area is 418 Å². The maximum atomic E-state index is 5.86. The van der Waals surface area contributed by atoms with Crippen molar-refractivity contribution in [2.75, 3.05) is 7.05 Å². The zero-order valence-electron chi connectivity index (χ0n) is 40.8. The van der Waals surface area contributed by atoms with E-state index < -0.39 is 0 Å². The molecule has 12 rings (SSSR count). The zero-order valence-corrected chi connectivity index (χ0v) is 41.6. The van der Waals surface area contributed by atoms with Crippen molar-refractivity contribution in [3.63, 3.8) is 0 Å². The van der Waals surface area contributed by atoms with Crippen LogP contribution < -0.4 is 0 Å². The summed E-state index contributed by atoms with van der Waals surface area (Å²) >= 11 is 1.99. The predicted octanol–water partition coefficient (Wildman–Crippen LogP) is 16.2. The van der Waals surface area contributed by atoms with Crippen LogP contribution >= 0.6 is 11.8 Å². The predicted molar refractivity (Wildman–Crippen MR) is 296 cm³/mol. The summed E-state index contributed by atoms with van der Waals surface area (Å²) in [5.74, 6) is 1.69. The van der Waals surface area contributed by atoms with Gasteiger partial charge in [0.25, 0.3) is 0 Å². The number of hydrogen-bond acceptors (Lipinski definition) is 4. The number of thioether (sulfide) groups is 1. The van der Waals surface area contributed by atoms with Gasteiger partial charge >= 0.3 is 0 Å². The molecule has 3 aliphatic carbocycles. The van der Waals surface area contributed by atoms with Gasteiger partial charge < -0.3 is 4.90 Å². The first-order valence-corrected chi connectivity index (χ1v) is 26.0. The summed E-state index contributed by atoms with van der Waals surface area (Å²) in [6.45, 7) is 9.50. The minimum absolute atomic E-state index is 0.135. The zero-order chi connectivity index (χ0) is 47.5. The van der Waals surface area contributed by atoms with Crippen molar-refractivity contribution in [3.8, 4) is 22.3 Å². The lowest BCUT2D eigenvalue weighted by atomic mass is 9.68. The Morgan fingerprint density at radius 2 is 1.29 bits per heavy atom. The fraction of sp³-hybridized carbons (Fsp3) is 0.212. The second-order valence-electron chi connectivity index (χ2n) is 20.4. The summed E-state index contributed by atoms with van der Waals surface area (Å²) in [6, 6.07) is 57.8. The third kappa shape index (κ3) is 7.87. The molecule has 0 amide bonds. The topological polar surface area (TPSA) is 28.0 Å². The van der Waals surface area contributed by atoms with E-state index in [1.165, 1.54) is 83.1 Å². The van der Waals surface area contributed by atoms with Crippen molar-refractivity contribution in [3.05, 3.63) is 257 Å². The number of allylic oxidation sites excluding steroid dienone is 11. The van der Waals surface area contributed by atoms with E-state index in [2.05, 4.69) is 246 Å². The molecule has 7 unspecified atom stereocenters. The lowest BCUT2D eigenvalue weighted by molar-refractivity contribution is 0.383. The van der Waals surface area contributed by atoms with Gasteiger partial charge in [-0.25, -0.2) is 0 Å². The molecule has 0 saturated heterocycles. The van der Waals surface area contributed by atoms with Gasteiger partial charge in [0.15, 0.2) is 0 Å². The van der Waals surface area contributed by atoms with Gasteiger partial charge in [-0.1, -0.05) is 209 Å². The van der Waals surface area contributed by atoms with Crippen molar-refractivity contribution in [1.82, 2.24) is 4.90 Å². The van der Waals surface area contributed by atoms with E-state index in [1.54, 1.807) is 0 Å². The van der Waals surface area contributed by atoms with Gasteiger partial charge in [-0.05, 0) is 128 Å². The third-order valence-corrected chi connectivity index (χ3v) is 17.1. The highest BCUT2D eigenvalue weighted by Gasteiger charge is 2.53. The van der Waals surface area contributed by atoms with Crippen LogP contribution in [0, 0.1) is 23.7 Å². The van der Waals surface area contributed by atoms with Crippen LogP contribution in [-0.2, 0) is 0 Å². The molecule has 0 N–H and O–H groups in total. The number of hydrogen-bond donors (Lipinski definition) is 0. The number of benzene rings is 6. The SMILES string of the molecule is CC1C=C(C2C3=C(C=CC2C)C2c4ccccc4SC2(C)C(c2cccc(-c4ccc(C5=CC(c6ccc(-c7ccccc7)cc6)=NC(C6=CC=C(c7ccccc7)C(C)C6)N5C)cc4)c2)=N3)C=CC1. The molecular formula is C66H59N3S. The monoisotopic (exact) mass is 925 g/mol. The van der Waals surface area contributed by atoms with Gasteiger partial charge in [0.1, 0.15) is 6.17 Å². The average Bonchev–Trinajstić information content (AvgIpc) is 3.72. The van der Waals surface area contributed by atoms with E-state index in [0.29, 0.717) is 17.8 Å². The smallest absolute Gasteiger partial charge is 0.143 e. The molecule has 0 bridgehead atoms. The maximum absolute atomic E-state index is 5.86. The number of aliphatic imine (C=N–C) groups is 2. The van der Waals surface area contributed by atoms with E-state index in [1.807, 2.05) is 11.8 Å². The van der Waals surface area contributed by atoms with Crippen LogP contribution in [-0.4, -0.2) is 34.3 Å². The number of nitrogens with zero attached hydrogens (tertiary/aromatic N) is 3. The maximum Gasteiger partial charge on any atom is 0.143 e. The molecule has 3 aliphatic heterocycles. The van der Waals surface area contributed by atoms with E-state index >= 15 is 0 Å². The molecule has 4 heteroatoms. The van der Waals surface area contributed by atoms with Gasteiger partial charge in [0.05, 0.1) is 21.9 Å². The summed E-state index contributed by atoms with van der Waals surface area (Å²) < 4.78 is -0.259. The summed E-state index contributed by atoms with van der Waals surface area (Å²) in [5, 5.41) is 0. The molecule has 3 heterocycles. The van der Waals surface area contributed by atoms with Crippen LogP contribution in [0.3, 0.4) is 0 Å². The Hall–Kier alpha value is -7.01. The summed E-state index contributed by atoms with van der Waals surface area (Å²) in [4.78, 5) is 15.1. The molecule has 3 nitrogen and oxygen atoms in total. The second-order valence-corrected chi connectivity index (χ2v) is 21.9. The van der Waals surface area contributed by atoms with Gasteiger partial charge in [-0.3, -0.25) is 9.98 Å². The van der Waals surface area contributed by atoms with Gasteiger partial charge in [0.2, 0.25) is 0 Å². The van der Waals surface area contributed by atoms with Gasteiger partial charge in [-0.2, -0.15) is 0 Å². The summed E-state index contributed by atoms with van der Waals surface area (Å²) in [5.41, 5.74) is 21.1. The molecule has 344 valence electrons. The molecule has 6 aliphatic rings.